The fourth-order valence-electron chi connectivity index (χ4n) is 4.99. The molecular weight excluding hydrogens is 370 g/mol. The standard InChI is InChI=1S/C22H25N3O2S/c1-14-18(21(26)25-9-10-28-22(25)23-14)7-8-24-12-16-11-19(20(16)13-24)15-3-5-17(27-2)6-4-15/h3-6,9-10,16,19-20H,7-8,11-13H2,1-2H3. The van der Waals surface area contributed by atoms with Crippen LogP contribution in [0.2, 0.25) is 0 Å². The highest BCUT2D eigenvalue weighted by Crippen LogP contribution is 2.51. The molecule has 3 heterocycles. The van der Waals surface area contributed by atoms with Crippen LogP contribution in [-0.2, 0) is 6.42 Å². The topological polar surface area (TPSA) is 46.8 Å². The summed E-state index contributed by atoms with van der Waals surface area (Å²) < 4.78 is 6.96. The maximum Gasteiger partial charge on any atom is 0.261 e. The average molecular weight is 396 g/mol. The summed E-state index contributed by atoms with van der Waals surface area (Å²) in [6.07, 6.45) is 3.88. The zero-order chi connectivity index (χ0) is 19.3. The van der Waals surface area contributed by atoms with E-state index in [1.165, 1.54) is 23.3 Å². The molecule has 1 aliphatic carbocycles. The van der Waals surface area contributed by atoms with Gasteiger partial charge in [-0.25, -0.2) is 4.98 Å². The Labute approximate surface area is 168 Å². The zero-order valence-electron chi connectivity index (χ0n) is 16.3. The summed E-state index contributed by atoms with van der Waals surface area (Å²) in [5.74, 6) is 3.13. The van der Waals surface area contributed by atoms with Crippen LogP contribution in [0.4, 0.5) is 0 Å². The Morgan fingerprint density at radius 1 is 1.25 bits per heavy atom. The maximum absolute atomic E-state index is 12.7. The molecule has 3 unspecified atom stereocenters. The Kier molecular flexibility index (Phi) is 4.48. The van der Waals surface area contributed by atoms with E-state index in [2.05, 4.69) is 34.1 Å². The third-order valence-corrected chi connectivity index (χ3v) is 7.39. The number of likely N-dealkylation sites (tertiary alicyclic amines) is 1. The minimum absolute atomic E-state index is 0.0991. The number of aryl methyl sites for hydroxylation is 1. The van der Waals surface area contributed by atoms with E-state index in [4.69, 9.17) is 4.74 Å². The molecule has 0 radical (unpaired) electrons. The van der Waals surface area contributed by atoms with Crippen LogP contribution in [0.25, 0.3) is 4.96 Å². The molecule has 1 aliphatic heterocycles. The van der Waals surface area contributed by atoms with Gasteiger partial charge < -0.3 is 9.64 Å². The molecule has 0 amide bonds. The molecule has 146 valence electrons. The van der Waals surface area contributed by atoms with Gasteiger partial charge in [0, 0.05) is 42.5 Å². The number of methoxy groups -OCH3 is 1. The van der Waals surface area contributed by atoms with Gasteiger partial charge in [0.1, 0.15) is 5.75 Å². The van der Waals surface area contributed by atoms with E-state index >= 15 is 0 Å². The zero-order valence-corrected chi connectivity index (χ0v) is 17.1. The number of nitrogens with zero attached hydrogens (tertiary/aromatic N) is 3. The number of ether oxygens (including phenoxy) is 1. The lowest BCUT2D eigenvalue weighted by Gasteiger charge is -2.40. The maximum atomic E-state index is 12.7. The van der Waals surface area contributed by atoms with Crippen molar-refractivity contribution in [3.63, 3.8) is 0 Å². The van der Waals surface area contributed by atoms with Gasteiger partial charge in [-0.05, 0) is 55.2 Å². The molecule has 0 N–H and O–H groups in total. The van der Waals surface area contributed by atoms with Crippen molar-refractivity contribution in [3.8, 4) is 5.75 Å². The summed E-state index contributed by atoms with van der Waals surface area (Å²) in [4.78, 5) is 20.7. The Bertz CT molecular complexity index is 1060. The van der Waals surface area contributed by atoms with Gasteiger partial charge in [0.25, 0.3) is 5.56 Å². The van der Waals surface area contributed by atoms with Crippen LogP contribution in [0.1, 0.15) is 29.2 Å². The molecule has 6 heteroatoms. The van der Waals surface area contributed by atoms with Crippen molar-refractivity contribution in [2.24, 2.45) is 11.8 Å². The van der Waals surface area contributed by atoms with E-state index in [1.54, 1.807) is 11.5 Å². The highest BCUT2D eigenvalue weighted by molar-refractivity contribution is 7.15. The van der Waals surface area contributed by atoms with Crippen molar-refractivity contribution < 1.29 is 4.74 Å². The van der Waals surface area contributed by atoms with Crippen LogP contribution >= 0.6 is 11.3 Å². The van der Waals surface area contributed by atoms with Crippen molar-refractivity contribution in [3.05, 3.63) is 63.0 Å². The predicted octanol–water partition coefficient (Wildman–Crippen LogP) is 3.35. The van der Waals surface area contributed by atoms with Crippen molar-refractivity contribution in [1.29, 1.82) is 0 Å². The summed E-state index contributed by atoms with van der Waals surface area (Å²) in [5.41, 5.74) is 3.28. The number of hydrogen-bond donors (Lipinski definition) is 0. The molecular formula is C22H25N3O2S. The Hall–Kier alpha value is -2.18. The Morgan fingerprint density at radius 3 is 2.86 bits per heavy atom. The Morgan fingerprint density at radius 2 is 2.07 bits per heavy atom. The summed E-state index contributed by atoms with van der Waals surface area (Å²) >= 11 is 1.51. The summed E-state index contributed by atoms with van der Waals surface area (Å²) in [5, 5.41) is 1.92. The lowest BCUT2D eigenvalue weighted by atomic mass is 9.64. The van der Waals surface area contributed by atoms with Crippen LogP contribution in [0.5, 0.6) is 5.75 Å². The van der Waals surface area contributed by atoms with Crippen molar-refractivity contribution in [2.75, 3.05) is 26.7 Å². The molecule has 5 rings (SSSR count). The normalized spacial score (nSPS) is 24.3. The quantitative estimate of drug-likeness (QED) is 0.665. The van der Waals surface area contributed by atoms with E-state index in [0.29, 0.717) is 5.92 Å². The molecule has 5 nitrogen and oxygen atoms in total. The highest BCUT2D eigenvalue weighted by atomic mass is 32.1. The molecule has 3 aromatic rings. The minimum Gasteiger partial charge on any atom is -0.497 e. The third kappa shape index (κ3) is 2.95. The monoisotopic (exact) mass is 395 g/mol. The van der Waals surface area contributed by atoms with Gasteiger partial charge in [0.2, 0.25) is 0 Å². The van der Waals surface area contributed by atoms with Gasteiger partial charge in [0.05, 0.1) is 7.11 Å². The first-order valence-corrected chi connectivity index (χ1v) is 10.8. The van der Waals surface area contributed by atoms with Crippen LogP contribution in [0.15, 0.2) is 40.6 Å². The molecule has 28 heavy (non-hydrogen) atoms. The fourth-order valence-corrected chi connectivity index (χ4v) is 5.74. The number of benzene rings is 1. The molecule has 2 fully saturated rings. The lowest BCUT2D eigenvalue weighted by molar-refractivity contribution is 0.191. The van der Waals surface area contributed by atoms with Crippen LogP contribution < -0.4 is 10.3 Å². The van der Waals surface area contributed by atoms with Gasteiger partial charge in [-0.3, -0.25) is 9.20 Å². The van der Waals surface area contributed by atoms with Gasteiger partial charge >= 0.3 is 0 Å². The minimum atomic E-state index is 0.0991. The van der Waals surface area contributed by atoms with Crippen LogP contribution in [0.3, 0.4) is 0 Å². The van der Waals surface area contributed by atoms with E-state index in [-0.39, 0.29) is 5.56 Å². The molecule has 1 aromatic carbocycles. The first kappa shape index (κ1) is 17.9. The van der Waals surface area contributed by atoms with Gasteiger partial charge in [0.15, 0.2) is 4.96 Å². The number of thiazole rings is 1. The van der Waals surface area contributed by atoms with E-state index in [1.807, 2.05) is 18.5 Å². The number of rotatable bonds is 5. The van der Waals surface area contributed by atoms with Crippen LogP contribution in [-0.4, -0.2) is 41.0 Å². The molecule has 0 bridgehead atoms. The second kappa shape index (κ2) is 7.01. The SMILES string of the molecule is COc1ccc(C2CC3CN(CCc4c(C)nc5sccn5c4=O)CC32)cc1. The third-order valence-electron chi connectivity index (χ3n) is 6.63. The second-order valence-corrected chi connectivity index (χ2v) is 8.96. The van der Waals surface area contributed by atoms with Crippen molar-refractivity contribution in [1.82, 2.24) is 14.3 Å². The van der Waals surface area contributed by atoms with E-state index < -0.39 is 0 Å². The van der Waals surface area contributed by atoms with E-state index in [0.717, 1.165) is 59.9 Å². The summed E-state index contributed by atoms with van der Waals surface area (Å²) in [6.45, 7) is 5.20. The first-order valence-electron chi connectivity index (χ1n) is 9.95. The van der Waals surface area contributed by atoms with Gasteiger partial charge in [-0.2, -0.15) is 0 Å². The Balaban J connectivity index is 1.25. The van der Waals surface area contributed by atoms with Crippen molar-refractivity contribution in [2.45, 2.75) is 25.7 Å². The molecule has 0 spiro atoms. The molecule has 1 saturated carbocycles. The van der Waals surface area contributed by atoms with Gasteiger partial charge in [-0.1, -0.05) is 12.1 Å². The molecule has 3 atom stereocenters. The lowest BCUT2D eigenvalue weighted by Crippen LogP contribution is -2.33. The number of hydrogen-bond acceptors (Lipinski definition) is 5. The highest BCUT2D eigenvalue weighted by Gasteiger charge is 2.47. The molecule has 2 aliphatic rings. The first-order chi connectivity index (χ1) is 13.6. The van der Waals surface area contributed by atoms with E-state index in [9.17, 15) is 4.79 Å². The van der Waals surface area contributed by atoms with Crippen molar-refractivity contribution >= 4 is 16.3 Å². The number of aromatic nitrogens is 2. The summed E-state index contributed by atoms with van der Waals surface area (Å²) in [6, 6.07) is 8.57. The number of fused-ring (bicyclic) bond motifs is 2. The molecule has 1 saturated heterocycles. The summed E-state index contributed by atoms with van der Waals surface area (Å²) in [7, 11) is 1.71. The molecule has 2 aromatic heterocycles. The second-order valence-electron chi connectivity index (χ2n) is 8.09. The van der Waals surface area contributed by atoms with Crippen LogP contribution in [0, 0.1) is 18.8 Å². The smallest absolute Gasteiger partial charge is 0.261 e. The largest absolute Gasteiger partial charge is 0.497 e. The average Bonchev–Trinajstić information content (AvgIpc) is 3.28. The predicted molar refractivity (Wildman–Crippen MR) is 112 cm³/mol. The van der Waals surface area contributed by atoms with Gasteiger partial charge in [-0.15, -0.1) is 11.3 Å². The fraction of sp³-hybridized carbons (Fsp3) is 0.455.